The monoisotopic (exact) mass is 476 g/mol. The molecule has 0 aliphatic heterocycles. The van der Waals surface area contributed by atoms with Crippen LogP contribution in [-0.2, 0) is 18.1 Å². The van der Waals surface area contributed by atoms with Gasteiger partial charge in [-0.2, -0.15) is 23.4 Å². The summed E-state index contributed by atoms with van der Waals surface area (Å²) in [5.41, 5.74) is -0.324. The van der Waals surface area contributed by atoms with Crippen molar-refractivity contribution in [2.75, 3.05) is 5.32 Å². The zero-order chi connectivity index (χ0) is 24.0. The number of alkyl halides is 3. The number of nitrogens with one attached hydrogen (secondary N) is 1. The van der Waals surface area contributed by atoms with Gasteiger partial charge in [-0.05, 0) is 23.8 Å². The first kappa shape index (κ1) is 22.8. The van der Waals surface area contributed by atoms with Gasteiger partial charge in [-0.15, -0.1) is 0 Å². The largest absolute Gasteiger partial charge is 0.433 e. The highest BCUT2D eigenvalue weighted by Crippen LogP contribution is 2.32. The highest BCUT2D eigenvalue weighted by molar-refractivity contribution is 6.30. The molecule has 0 radical (unpaired) electrons. The van der Waals surface area contributed by atoms with E-state index in [9.17, 15) is 18.0 Å². The van der Waals surface area contributed by atoms with Crippen LogP contribution in [0.3, 0.4) is 0 Å². The number of amides is 1. The predicted octanol–water partition coefficient (Wildman–Crippen LogP) is 5.20. The number of aromatic nitrogens is 5. The molecule has 0 aliphatic carbocycles. The van der Waals surface area contributed by atoms with Gasteiger partial charge in [-0.1, -0.05) is 44.5 Å². The first-order valence-corrected chi connectivity index (χ1v) is 10.3. The molecule has 0 bridgehead atoms. The minimum atomic E-state index is -4.66. The molecular weight excluding hydrogens is 457 g/mol. The summed E-state index contributed by atoms with van der Waals surface area (Å²) in [5.74, 6) is -0.673. The molecule has 0 spiro atoms. The zero-order valence-electron chi connectivity index (χ0n) is 18.0. The van der Waals surface area contributed by atoms with Crippen molar-refractivity contribution in [1.29, 1.82) is 0 Å². The van der Waals surface area contributed by atoms with Crippen LogP contribution in [0.5, 0.6) is 0 Å². The number of benzene rings is 1. The van der Waals surface area contributed by atoms with E-state index in [0.717, 1.165) is 11.6 Å². The van der Waals surface area contributed by atoms with E-state index in [4.69, 9.17) is 11.6 Å². The second kappa shape index (κ2) is 8.18. The number of rotatable bonds is 4. The summed E-state index contributed by atoms with van der Waals surface area (Å²) in [5, 5.41) is 11.3. The van der Waals surface area contributed by atoms with E-state index >= 15 is 0 Å². The van der Waals surface area contributed by atoms with Gasteiger partial charge in [-0.3, -0.25) is 9.48 Å². The molecule has 7 nitrogen and oxygen atoms in total. The van der Waals surface area contributed by atoms with Crippen LogP contribution in [-0.4, -0.2) is 30.3 Å². The molecular formula is C22H20ClF3N6O. The Morgan fingerprint density at radius 2 is 1.91 bits per heavy atom. The van der Waals surface area contributed by atoms with Crippen LogP contribution in [0.1, 0.15) is 48.2 Å². The van der Waals surface area contributed by atoms with Gasteiger partial charge in [0.25, 0.3) is 5.91 Å². The van der Waals surface area contributed by atoms with Crippen LogP contribution < -0.4 is 5.32 Å². The summed E-state index contributed by atoms with van der Waals surface area (Å²) < 4.78 is 43.2. The van der Waals surface area contributed by atoms with Crippen molar-refractivity contribution in [1.82, 2.24) is 24.4 Å². The summed E-state index contributed by atoms with van der Waals surface area (Å²) >= 11 is 5.99. The molecule has 3 heterocycles. The van der Waals surface area contributed by atoms with Gasteiger partial charge in [0.1, 0.15) is 5.69 Å². The van der Waals surface area contributed by atoms with Crippen LogP contribution in [0.4, 0.5) is 18.9 Å². The molecule has 3 aromatic heterocycles. The van der Waals surface area contributed by atoms with E-state index in [1.807, 2.05) is 12.1 Å². The third kappa shape index (κ3) is 5.00. The van der Waals surface area contributed by atoms with Crippen LogP contribution in [0.15, 0.2) is 48.8 Å². The summed E-state index contributed by atoms with van der Waals surface area (Å²) in [4.78, 5) is 17.0. The number of hydrogen-bond acceptors (Lipinski definition) is 4. The first-order chi connectivity index (χ1) is 15.4. The molecule has 4 rings (SSSR count). The Labute approximate surface area is 192 Å². The van der Waals surface area contributed by atoms with Gasteiger partial charge in [0.15, 0.2) is 11.3 Å². The average Bonchev–Trinajstić information content (AvgIpc) is 3.32. The quantitative estimate of drug-likeness (QED) is 0.439. The smallest absolute Gasteiger partial charge is 0.318 e. The lowest BCUT2D eigenvalue weighted by atomic mass is 9.91. The second-order valence-corrected chi connectivity index (χ2v) is 9.02. The molecule has 0 unspecified atom stereocenters. The van der Waals surface area contributed by atoms with E-state index in [2.05, 4.69) is 20.5 Å². The lowest BCUT2D eigenvalue weighted by Crippen LogP contribution is -2.20. The van der Waals surface area contributed by atoms with Crippen LogP contribution in [0.25, 0.3) is 5.65 Å². The van der Waals surface area contributed by atoms with Gasteiger partial charge < -0.3 is 5.32 Å². The highest BCUT2D eigenvalue weighted by atomic mass is 35.5. The van der Waals surface area contributed by atoms with Crippen LogP contribution >= 0.6 is 11.6 Å². The van der Waals surface area contributed by atoms with Gasteiger partial charge >= 0.3 is 6.18 Å². The Morgan fingerprint density at radius 3 is 2.58 bits per heavy atom. The van der Waals surface area contributed by atoms with Crippen molar-refractivity contribution >= 4 is 28.8 Å². The molecule has 33 heavy (non-hydrogen) atoms. The van der Waals surface area contributed by atoms with E-state index in [-0.39, 0.29) is 17.0 Å². The van der Waals surface area contributed by atoms with Crippen molar-refractivity contribution in [3.63, 3.8) is 0 Å². The zero-order valence-corrected chi connectivity index (χ0v) is 18.7. The van der Waals surface area contributed by atoms with Crippen molar-refractivity contribution in [3.8, 4) is 0 Å². The molecule has 0 saturated heterocycles. The van der Waals surface area contributed by atoms with Crippen LogP contribution in [0.2, 0.25) is 5.02 Å². The topological polar surface area (TPSA) is 77.1 Å². The first-order valence-electron chi connectivity index (χ1n) is 9.97. The number of hydrogen-bond donors (Lipinski definition) is 1. The molecule has 1 amide bonds. The third-order valence-corrected chi connectivity index (χ3v) is 5.08. The Hall–Kier alpha value is -3.40. The minimum Gasteiger partial charge on any atom is -0.318 e. The van der Waals surface area contributed by atoms with E-state index in [0.29, 0.717) is 21.8 Å². The van der Waals surface area contributed by atoms with Gasteiger partial charge in [0, 0.05) is 22.7 Å². The standard InChI is InChI=1S/C22H20ClF3N6O/c1-21(2,3)17-9-18(22(24,25)26)32-19(29-17)8-16(30-32)20(33)28-15-10-27-31(12-15)11-13-5-4-6-14(23)7-13/h4-10,12H,11H2,1-3H3,(H,28,33). The van der Waals surface area contributed by atoms with Crippen molar-refractivity contribution in [3.05, 3.63) is 76.5 Å². The number of anilines is 1. The number of fused-ring (bicyclic) bond motifs is 1. The Balaban J connectivity index is 1.59. The Kier molecular flexibility index (Phi) is 5.65. The molecule has 0 fully saturated rings. The van der Waals surface area contributed by atoms with Crippen molar-refractivity contribution < 1.29 is 18.0 Å². The number of halogens is 4. The number of carbonyl (C=O) groups is 1. The summed E-state index contributed by atoms with van der Waals surface area (Å²) in [7, 11) is 0. The molecule has 0 atom stereocenters. The number of nitrogens with zero attached hydrogens (tertiary/aromatic N) is 5. The Morgan fingerprint density at radius 1 is 1.15 bits per heavy atom. The molecule has 11 heteroatoms. The normalized spacial score (nSPS) is 12.3. The maximum Gasteiger partial charge on any atom is 0.433 e. The van der Waals surface area contributed by atoms with Gasteiger partial charge in [0.2, 0.25) is 0 Å². The maximum absolute atomic E-state index is 13.6. The van der Waals surface area contributed by atoms with Gasteiger partial charge in [0.05, 0.1) is 24.1 Å². The molecule has 172 valence electrons. The van der Waals surface area contributed by atoms with E-state index < -0.39 is 23.2 Å². The lowest BCUT2D eigenvalue weighted by molar-refractivity contribution is -0.142. The highest BCUT2D eigenvalue weighted by Gasteiger charge is 2.36. The summed E-state index contributed by atoms with van der Waals surface area (Å²) in [6.07, 6.45) is -1.62. The molecule has 0 aliphatic rings. The van der Waals surface area contributed by atoms with Crippen molar-refractivity contribution in [2.24, 2.45) is 0 Å². The fraction of sp³-hybridized carbons (Fsp3) is 0.273. The Bertz CT molecular complexity index is 1340. The SMILES string of the molecule is CC(C)(C)c1cc(C(F)(F)F)n2nc(C(=O)Nc3cnn(Cc4cccc(Cl)c4)c3)cc2n1. The van der Waals surface area contributed by atoms with Crippen LogP contribution in [0, 0.1) is 0 Å². The van der Waals surface area contributed by atoms with Gasteiger partial charge in [-0.25, -0.2) is 9.50 Å². The molecule has 1 aromatic carbocycles. The second-order valence-electron chi connectivity index (χ2n) is 8.58. The molecule has 1 N–H and O–H groups in total. The summed E-state index contributed by atoms with van der Waals surface area (Å²) in [6, 6.07) is 9.46. The fourth-order valence-electron chi connectivity index (χ4n) is 3.20. The molecule has 4 aromatic rings. The van der Waals surface area contributed by atoms with Crippen molar-refractivity contribution in [2.45, 2.75) is 38.9 Å². The summed E-state index contributed by atoms with van der Waals surface area (Å²) in [6.45, 7) is 5.71. The fourth-order valence-corrected chi connectivity index (χ4v) is 3.42. The molecule has 0 saturated carbocycles. The number of carbonyl (C=O) groups excluding carboxylic acids is 1. The van der Waals surface area contributed by atoms with E-state index in [1.54, 1.807) is 43.8 Å². The minimum absolute atomic E-state index is 0.0587. The average molecular weight is 477 g/mol. The maximum atomic E-state index is 13.6. The third-order valence-electron chi connectivity index (χ3n) is 4.84. The van der Waals surface area contributed by atoms with E-state index in [1.165, 1.54) is 12.3 Å². The lowest BCUT2D eigenvalue weighted by Gasteiger charge is -2.19. The predicted molar refractivity (Wildman–Crippen MR) is 117 cm³/mol.